The molecule has 4 rings (SSSR count). The summed E-state index contributed by atoms with van der Waals surface area (Å²) in [5.41, 5.74) is 1.42. The van der Waals surface area contributed by atoms with E-state index in [-0.39, 0.29) is 24.0 Å². The average molecular weight is 547 g/mol. The van der Waals surface area contributed by atoms with E-state index in [1.165, 1.54) is 12.1 Å². The van der Waals surface area contributed by atoms with Crippen molar-refractivity contribution in [2.24, 2.45) is 0 Å². The van der Waals surface area contributed by atoms with Crippen molar-refractivity contribution < 1.29 is 18.7 Å². The summed E-state index contributed by atoms with van der Waals surface area (Å²) in [5, 5.41) is 3.36. The zero-order valence-corrected chi connectivity index (χ0v) is 20.5. The number of rotatable bonds is 6. The predicted octanol–water partition coefficient (Wildman–Crippen LogP) is 5.22. The number of anilines is 2. The van der Waals surface area contributed by atoms with E-state index in [2.05, 4.69) is 26.1 Å². The Morgan fingerprint density at radius 1 is 1.00 bits per heavy atom. The smallest absolute Gasteiger partial charge is 0.262 e. The largest absolute Gasteiger partial charge is 0.484 e. The van der Waals surface area contributed by atoms with E-state index >= 15 is 0 Å². The Hall–Kier alpha value is -3.10. The third kappa shape index (κ3) is 5.87. The molecule has 3 aromatic carbocycles. The maximum absolute atomic E-state index is 14.0. The Morgan fingerprint density at radius 3 is 2.41 bits per heavy atom. The van der Waals surface area contributed by atoms with Crippen LogP contribution in [0.2, 0.25) is 5.02 Å². The monoisotopic (exact) mass is 545 g/mol. The van der Waals surface area contributed by atoms with Crippen molar-refractivity contribution in [1.29, 1.82) is 0 Å². The molecule has 0 spiro atoms. The van der Waals surface area contributed by atoms with Crippen LogP contribution in [-0.2, 0) is 4.79 Å². The molecule has 0 atom stereocenters. The Bertz CT molecular complexity index is 1180. The van der Waals surface area contributed by atoms with Crippen molar-refractivity contribution in [3.05, 3.63) is 87.6 Å². The van der Waals surface area contributed by atoms with Gasteiger partial charge in [-0.1, -0.05) is 39.7 Å². The van der Waals surface area contributed by atoms with E-state index in [1.807, 2.05) is 18.2 Å². The molecular formula is C25H22BrClFN3O3. The highest BCUT2D eigenvalue weighted by Gasteiger charge is 2.25. The van der Waals surface area contributed by atoms with Gasteiger partial charge in [0.05, 0.1) is 16.9 Å². The van der Waals surface area contributed by atoms with Crippen molar-refractivity contribution in [3.8, 4) is 5.75 Å². The van der Waals surface area contributed by atoms with Gasteiger partial charge in [0.15, 0.2) is 6.61 Å². The fourth-order valence-electron chi connectivity index (χ4n) is 3.71. The predicted molar refractivity (Wildman–Crippen MR) is 134 cm³/mol. The van der Waals surface area contributed by atoms with Gasteiger partial charge in [-0.25, -0.2) is 4.39 Å². The fraction of sp³-hybridized carbons (Fsp3) is 0.200. The van der Waals surface area contributed by atoms with Gasteiger partial charge in [0, 0.05) is 35.7 Å². The number of hydrogen-bond acceptors (Lipinski definition) is 4. The molecule has 1 N–H and O–H groups in total. The maximum Gasteiger partial charge on any atom is 0.262 e. The molecule has 2 amide bonds. The van der Waals surface area contributed by atoms with Crippen LogP contribution in [0.5, 0.6) is 5.75 Å². The van der Waals surface area contributed by atoms with Crippen LogP contribution in [0.25, 0.3) is 0 Å². The van der Waals surface area contributed by atoms with Crippen LogP contribution in [0, 0.1) is 5.82 Å². The van der Waals surface area contributed by atoms with Gasteiger partial charge in [0.2, 0.25) is 0 Å². The van der Waals surface area contributed by atoms with Crippen molar-refractivity contribution in [3.63, 3.8) is 0 Å². The molecule has 0 radical (unpaired) electrons. The lowest BCUT2D eigenvalue weighted by Gasteiger charge is -2.37. The number of piperazine rings is 1. The first-order valence-electron chi connectivity index (χ1n) is 10.7. The molecule has 0 unspecified atom stereocenters. The average Bonchev–Trinajstić information content (AvgIpc) is 2.84. The van der Waals surface area contributed by atoms with Gasteiger partial charge in [-0.3, -0.25) is 9.59 Å². The van der Waals surface area contributed by atoms with Gasteiger partial charge >= 0.3 is 0 Å². The van der Waals surface area contributed by atoms with Crippen molar-refractivity contribution in [2.45, 2.75) is 0 Å². The molecule has 0 saturated carbocycles. The quantitative estimate of drug-likeness (QED) is 0.460. The summed E-state index contributed by atoms with van der Waals surface area (Å²) < 4.78 is 20.5. The van der Waals surface area contributed by atoms with Gasteiger partial charge in [0.25, 0.3) is 11.8 Å². The Kier molecular flexibility index (Phi) is 7.70. The number of ether oxygens (including phenoxy) is 1. The van der Waals surface area contributed by atoms with Gasteiger partial charge in [-0.2, -0.15) is 0 Å². The van der Waals surface area contributed by atoms with Crippen LogP contribution in [-0.4, -0.2) is 49.5 Å². The zero-order chi connectivity index (χ0) is 24.1. The van der Waals surface area contributed by atoms with Gasteiger partial charge in [0.1, 0.15) is 11.6 Å². The van der Waals surface area contributed by atoms with Crippen molar-refractivity contribution in [1.82, 2.24) is 4.90 Å². The minimum absolute atomic E-state index is 0.0705. The van der Waals surface area contributed by atoms with E-state index in [4.69, 9.17) is 16.3 Å². The highest BCUT2D eigenvalue weighted by molar-refractivity contribution is 9.10. The summed E-state index contributed by atoms with van der Waals surface area (Å²) in [7, 11) is 0. The minimum atomic E-state index is -0.525. The summed E-state index contributed by atoms with van der Waals surface area (Å²) in [4.78, 5) is 28.9. The van der Waals surface area contributed by atoms with Crippen LogP contribution < -0.4 is 15.0 Å². The molecule has 9 heteroatoms. The number of nitrogens with zero attached hydrogens (tertiary/aromatic N) is 2. The van der Waals surface area contributed by atoms with Crippen LogP contribution in [0.1, 0.15) is 10.4 Å². The van der Waals surface area contributed by atoms with Crippen LogP contribution in [0.3, 0.4) is 0 Å². The Balaban J connectivity index is 1.39. The molecule has 3 aromatic rings. The molecule has 1 fully saturated rings. The number of amides is 2. The summed E-state index contributed by atoms with van der Waals surface area (Å²) >= 11 is 9.54. The number of nitrogens with one attached hydrogen (secondary N) is 1. The molecule has 6 nitrogen and oxygen atoms in total. The highest BCUT2D eigenvalue weighted by Crippen LogP contribution is 2.30. The molecule has 1 saturated heterocycles. The molecule has 34 heavy (non-hydrogen) atoms. The standard InChI is InChI=1S/C25H22BrClFN3O3/c26-17-5-8-19(9-6-17)34-16-24(32)29-22-15-18(27)7-10-23(22)30-11-13-31(14-12-30)25(33)20-3-1-2-4-21(20)28/h1-10,15H,11-14,16H2,(H,29,32). The topological polar surface area (TPSA) is 61.9 Å². The van der Waals surface area contributed by atoms with Crippen molar-refractivity contribution in [2.75, 3.05) is 43.0 Å². The third-order valence-electron chi connectivity index (χ3n) is 5.43. The second-order valence-corrected chi connectivity index (χ2v) is 9.06. The maximum atomic E-state index is 14.0. The summed E-state index contributed by atoms with van der Waals surface area (Å²) in [5.74, 6) is -0.587. The van der Waals surface area contributed by atoms with E-state index < -0.39 is 5.82 Å². The fourth-order valence-corrected chi connectivity index (χ4v) is 4.14. The second-order valence-electron chi connectivity index (χ2n) is 7.71. The van der Waals surface area contributed by atoms with E-state index in [1.54, 1.807) is 41.3 Å². The van der Waals surface area contributed by atoms with E-state index in [9.17, 15) is 14.0 Å². The number of carbonyl (C=O) groups is 2. The lowest BCUT2D eigenvalue weighted by Crippen LogP contribution is -2.49. The first-order chi connectivity index (χ1) is 16.4. The van der Waals surface area contributed by atoms with Crippen molar-refractivity contribution >= 4 is 50.7 Å². The SMILES string of the molecule is O=C(COc1ccc(Br)cc1)Nc1cc(Cl)ccc1N1CCN(C(=O)c2ccccc2F)CC1. The summed E-state index contributed by atoms with van der Waals surface area (Å²) in [6, 6.07) is 18.5. The first-order valence-corrected chi connectivity index (χ1v) is 11.8. The number of hydrogen-bond donors (Lipinski definition) is 1. The van der Waals surface area contributed by atoms with Gasteiger partial charge in [-0.15, -0.1) is 0 Å². The molecule has 1 aliphatic heterocycles. The minimum Gasteiger partial charge on any atom is -0.484 e. The lowest BCUT2D eigenvalue weighted by molar-refractivity contribution is -0.118. The number of carbonyl (C=O) groups excluding carboxylic acids is 2. The van der Waals surface area contributed by atoms with E-state index in [0.717, 1.165) is 10.2 Å². The van der Waals surface area contributed by atoms with Crippen LogP contribution >= 0.6 is 27.5 Å². The molecule has 1 aliphatic rings. The molecule has 0 aliphatic carbocycles. The molecule has 0 aromatic heterocycles. The Labute approximate surface area is 210 Å². The lowest BCUT2D eigenvalue weighted by atomic mass is 10.1. The summed E-state index contributed by atoms with van der Waals surface area (Å²) in [6.07, 6.45) is 0. The van der Waals surface area contributed by atoms with Crippen LogP contribution in [0.15, 0.2) is 71.2 Å². The molecule has 176 valence electrons. The number of halogens is 3. The first kappa shape index (κ1) is 24.0. The Morgan fingerprint density at radius 2 is 1.71 bits per heavy atom. The van der Waals surface area contributed by atoms with Gasteiger partial charge < -0.3 is 19.9 Å². The van der Waals surface area contributed by atoms with Gasteiger partial charge in [-0.05, 0) is 54.6 Å². The van der Waals surface area contributed by atoms with E-state index in [0.29, 0.717) is 42.6 Å². The molecular weight excluding hydrogens is 525 g/mol. The molecule has 1 heterocycles. The van der Waals surface area contributed by atoms with Crippen LogP contribution in [0.4, 0.5) is 15.8 Å². The molecule has 0 bridgehead atoms. The zero-order valence-electron chi connectivity index (χ0n) is 18.1. The second kappa shape index (κ2) is 10.9. The normalized spacial score (nSPS) is 13.5. The summed E-state index contributed by atoms with van der Waals surface area (Å²) in [6.45, 7) is 1.75. The highest BCUT2D eigenvalue weighted by atomic mass is 79.9. The third-order valence-corrected chi connectivity index (χ3v) is 6.19. The number of benzene rings is 3.